The van der Waals surface area contributed by atoms with E-state index in [1.807, 2.05) is 54.6 Å². The van der Waals surface area contributed by atoms with E-state index in [1.54, 1.807) is 12.3 Å². The van der Waals surface area contributed by atoms with Crippen LogP contribution in [0.2, 0.25) is 0 Å². The number of aromatic amines is 1. The number of amides is 2. The smallest absolute Gasteiger partial charge is 0.361 e. The average Bonchev–Trinajstić information content (AvgIpc) is 3.37. The second kappa shape index (κ2) is 11.4. The number of benzene rings is 3. The number of alkyl halides is 6. The van der Waals surface area contributed by atoms with E-state index in [9.17, 15) is 35.9 Å². The molecule has 11 heteroatoms. The highest BCUT2D eigenvalue weighted by molar-refractivity contribution is 5.96. The number of para-hydroxylation sites is 1. The molecule has 5 rings (SSSR count). The lowest BCUT2D eigenvalue weighted by Crippen LogP contribution is -2.57. The van der Waals surface area contributed by atoms with Gasteiger partial charge in [0, 0.05) is 48.4 Å². The fourth-order valence-corrected chi connectivity index (χ4v) is 5.13. The number of rotatable bonds is 5. The molecule has 2 amide bonds. The van der Waals surface area contributed by atoms with Gasteiger partial charge < -0.3 is 14.8 Å². The predicted molar refractivity (Wildman–Crippen MR) is 145 cm³/mol. The van der Waals surface area contributed by atoms with E-state index in [0.29, 0.717) is 12.1 Å². The van der Waals surface area contributed by atoms with Crippen LogP contribution in [0.15, 0.2) is 85.1 Å². The first-order valence-corrected chi connectivity index (χ1v) is 13.1. The van der Waals surface area contributed by atoms with Crippen molar-refractivity contribution in [1.82, 2.24) is 14.8 Å². The maximum absolute atomic E-state index is 13.6. The van der Waals surface area contributed by atoms with Crippen molar-refractivity contribution in [3.8, 4) is 0 Å². The molecule has 0 aliphatic carbocycles. The summed E-state index contributed by atoms with van der Waals surface area (Å²) in [6.07, 6.45) is -5.16. The molecular formula is C31H25F6N3O2. The second-order valence-electron chi connectivity index (χ2n) is 10.0. The first-order valence-electron chi connectivity index (χ1n) is 13.1. The van der Waals surface area contributed by atoms with Crippen LogP contribution in [-0.4, -0.2) is 52.3 Å². The summed E-state index contributed by atoms with van der Waals surface area (Å²) in [5, 5.41) is 0.857. The van der Waals surface area contributed by atoms with Crippen molar-refractivity contribution in [2.45, 2.75) is 24.8 Å². The fourth-order valence-electron chi connectivity index (χ4n) is 5.13. The van der Waals surface area contributed by atoms with Crippen LogP contribution in [0.1, 0.15) is 32.6 Å². The van der Waals surface area contributed by atoms with E-state index in [0.717, 1.165) is 22.0 Å². The molecule has 5 nitrogen and oxygen atoms in total. The highest BCUT2D eigenvalue weighted by atomic mass is 19.4. The summed E-state index contributed by atoms with van der Waals surface area (Å²) >= 11 is 0. The summed E-state index contributed by atoms with van der Waals surface area (Å²) in [5.41, 5.74) is -1.41. The number of nitrogens with zero attached hydrogens (tertiary/aromatic N) is 2. The molecule has 1 fully saturated rings. The van der Waals surface area contributed by atoms with Crippen molar-refractivity contribution in [1.29, 1.82) is 0 Å². The number of hydrogen-bond donors (Lipinski definition) is 1. The zero-order valence-corrected chi connectivity index (χ0v) is 22.0. The number of carbonyl (C=O) groups excluding carboxylic acids is 2. The van der Waals surface area contributed by atoms with Gasteiger partial charge in [0.05, 0.1) is 17.2 Å². The van der Waals surface area contributed by atoms with Gasteiger partial charge in [-0.3, -0.25) is 9.59 Å². The van der Waals surface area contributed by atoms with E-state index < -0.39 is 41.0 Å². The number of aromatic nitrogens is 1. The minimum atomic E-state index is -5.09. The number of nitrogens with one attached hydrogen (secondary N) is 1. The lowest BCUT2D eigenvalue weighted by Gasteiger charge is -2.41. The van der Waals surface area contributed by atoms with Gasteiger partial charge in [0.1, 0.15) is 0 Å². The fraction of sp³-hybridized carbons (Fsp3) is 0.226. The van der Waals surface area contributed by atoms with Gasteiger partial charge in [-0.1, -0.05) is 48.5 Å². The molecule has 0 radical (unpaired) electrons. The highest BCUT2D eigenvalue weighted by Gasteiger charge is 2.39. The Morgan fingerprint density at radius 1 is 0.857 bits per heavy atom. The molecule has 1 atom stereocenters. The Morgan fingerprint density at radius 3 is 2.17 bits per heavy atom. The molecule has 1 N–H and O–H groups in total. The molecular weight excluding hydrogens is 560 g/mol. The summed E-state index contributed by atoms with van der Waals surface area (Å²) in [6, 6.07) is 16.7. The first kappa shape index (κ1) is 29.0. The number of hydrogen-bond acceptors (Lipinski definition) is 2. The van der Waals surface area contributed by atoms with Crippen molar-refractivity contribution >= 4 is 28.8 Å². The van der Waals surface area contributed by atoms with Crippen LogP contribution in [0.3, 0.4) is 0 Å². The molecule has 218 valence electrons. The van der Waals surface area contributed by atoms with Crippen molar-refractivity contribution in [2.75, 3.05) is 19.6 Å². The third-order valence-corrected chi connectivity index (χ3v) is 7.24. The Bertz CT molecular complexity index is 1590. The zero-order valence-electron chi connectivity index (χ0n) is 22.0. The third-order valence-electron chi connectivity index (χ3n) is 7.24. The molecule has 42 heavy (non-hydrogen) atoms. The molecule has 1 saturated heterocycles. The number of H-pyrrole nitrogens is 1. The maximum atomic E-state index is 13.6. The van der Waals surface area contributed by atoms with Gasteiger partial charge in [-0.25, -0.2) is 0 Å². The monoisotopic (exact) mass is 585 g/mol. The van der Waals surface area contributed by atoms with Crippen molar-refractivity contribution in [2.24, 2.45) is 0 Å². The SMILES string of the molecule is O=C(/C=C/c1ccccc1)N1CCN(C(=O)c2cc(C(F)(F)F)cc(C(F)(F)F)c2)C(Cc2c[nH]c3ccccc23)C1. The quantitative estimate of drug-likeness (QED) is 0.207. The van der Waals surface area contributed by atoms with E-state index in [4.69, 9.17) is 0 Å². The Balaban J connectivity index is 1.47. The molecule has 4 aromatic rings. The summed E-state index contributed by atoms with van der Waals surface area (Å²) < 4.78 is 81.0. The van der Waals surface area contributed by atoms with E-state index in [-0.39, 0.29) is 38.0 Å². The topological polar surface area (TPSA) is 56.4 Å². The van der Waals surface area contributed by atoms with E-state index in [2.05, 4.69) is 4.98 Å². The van der Waals surface area contributed by atoms with Crippen LogP contribution in [0.5, 0.6) is 0 Å². The van der Waals surface area contributed by atoms with Crippen LogP contribution >= 0.6 is 0 Å². The van der Waals surface area contributed by atoms with Crippen LogP contribution in [0.4, 0.5) is 26.3 Å². The minimum absolute atomic E-state index is 0.00409. The molecule has 0 spiro atoms. The summed E-state index contributed by atoms with van der Waals surface area (Å²) in [5.74, 6) is -1.29. The second-order valence-corrected chi connectivity index (χ2v) is 10.0. The number of piperazine rings is 1. The molecule has 0 bridgehead atoms. The largest absolute Gasteiger partial charge is 0.416 e. The van der Waals surface area contributed by atoms with Gasteiger partial charge in [0.25, 0.3) is 5.91 Å². The summed E-state index contributed by atoms with van der Waals surface area (Å²) in [4.78, 5) is 32.6. The minimum Gasteiger partial charge on any atom is -0.361 e. The maximum Gasteiger partial charge on any atom is 0.416 e. The summed E-state index contributed by atoms with van der Waals surface area (Å²) in [7, 11) is 0. The molecule has 1 aliphatic heterocycles. The molecule has 1 aliphatic rings. The molecule has 2 heterocycles. The summed E-state index contributed by atoms with van der Waals surface area (Å²) in [6.45, 7) is 0.0157. The number of halogens is 6. The molecule has 3 aromatic carbocycles. The van der Waals surface area contributed by atoms with Crippen LogP contribution < -0.4 is 0 Å². The average molecular weight is 586 g/mol. The van der Waals surface area contributed by atoms with E-state index >= 15 is 0 Å². The molecule has 0 saturated carbocycles. The van der Waals surface area contributed by atoms with E-state index in [1.165, 1.54) is 15.9 Å². The Morgan fingerprint density at radius 2 is 1.50 bits per heavy atom. The molecule has 1 unspecified atom stereocenters. The lowest BCUT2D eigenvalue weighted by molar-refractivity contribution is -0.143. The number of fused-ring (bicyclic) bond motifs is 1. The van der Waals surface area contributed by atoms with Gasteiger partial charge in [-0.15, -0.1) is 0 Å². The number of carbonyl (C=O) groups is 2. The van der Waals surface area contributed by atoms with Gasteiger partial charge in [0.15, 0.2) is 0 Å². The van der Waals surface area contributed by atoms with Gasteiger partial charge >= 0.3 is 12.4 Å². The predicted octanol–water partition coefficient (Wildman–Crippen LogP) is 6.81. The Hall–Kier alpha value is -4.54. The van der Waals surface area contributed by atoms with Crippen molar-refractivity contribution in [3.63, 3.8) is 0 Å². The van der Waals surface area contributed by atoms with Crippen LogP contribution in [-0.2, 0) is 23.6 Å². The molecule has 1 aromatic heterocycles. The van der Waals surface area contributed by atoms with Crippen LogP contribution in [0, 0.1) is 0 Å². The normalized spacial score (nSPS) is 16.4. The Kier molecular flexibility index (Phi) is 7.85. The van der Waals surface area contributed by atoms with Crippen molar-refractivity contribution < 1.29 is 35.9 Å². The third kappa shape index (κ3) is 6.35. The van der Waals surface area contributed by atoms with Crippen LogP contribution in [0.25, 0.3) is 17.0 Å². The highest BCUT2D eigenvalue weighted by Crippen LogP contribution is 2.37. The standard InChI is InChI=1S/C31H25F6N3O2/c32-30(33,34)23-14-21(15-24(17-23)31(35,36)37)29(42)40-13-12-39(28(41)11-10-20-6-2-1-3-7-20)19-25(40)16-22-18-38-27-9-5-4-8-26(22)27/h1-11,14-15,17-18,25,38H,12-13,16,19H2/b11-10+. The Labute approximate surface area is 237 Å². The van der Waals surface area contributed by atoms with Crippen molar-refractivity contribution in [3.05, 3.63) is 113 Å². The lowest BCUT2D eigenvalue weighted by atomic mass is 9.98. The van der Waals surface area contributed by atoms with Gasteiger partial charge in [-0.05, 0) is 47.9 Å². The first-order chi connectivity index (χ1) is 19.9. The zero-order chi connectivity index (χ0) is 30.1. The van der Waals surface area contributed by atoms with Gasteiger partial charge in [-0.2, -0.15) is 26.3 Å². The van der Waals surface area contributed by atoms with Gasteiger partial charge in [0.2, 0.25) is 5.91 Å².